The summed E-state index contributed by atoms with van der Waals surface area (Å²) in [5.41, 5.74) is -0.185. The molecule has 3 aromatic rings. The topological polar surface area (TPSA) is 139 Å². The molecule has 0 spiro atoms. The highest BCUT2D eigenvalue weighted by Crippen LogP contribution is 2.35. The lowest BCUT2D eigenvalue weighted by Gasteiger charge is -2.19. The molecule has 0 radical (unpaired) electrons. The number of hydrogen-bond acceptors (Lipinski definition) is 6. The molecule has 2 heterocycles. The van der Waals surface area contributed by atoms with Crippen molar-refractivity contribution in [1.82, 2.24) is 10.3 Å². The number of amides is 3. The van der Waals surface area contributed by atoms with Crippen molar-refractivity contribution in [1.29, 1.82) is 0 Å². The largest absolute Gasteiger partial charge is 0.488 e. The summed E-state index contributed by atoms with van der Waals surface area (Å²) in [6.07, 6.45) is -1.19. The number of carbonyl (C=O) groups is 3. The summed E-state index contributed by atoms with van der Waals surface area (Å²) in [6.45, 7) is -0.206. The van der Waals surface area contributed by atoms with Crippen molar-refractivity contribution < 1.29 is 42.1 Å². The van der Waals surface area contributed by atoms with Crippen LogP contribution in [0.4, 0.5) is 29.5 Å². The predicted molar refractivity (Wildman–Crippen MR) is 145 cm³/mol. The number of nitrogens with zero attached hydrogens (tertiary/aromatic N) is 1. The molecule has 1 fully saturated rings. The molecule has 3 amide bonds. The van der Waals surface area contributed by atoms with Gasteiger partial charge in [-0.3, -0.25) is 9.59 Å². The minimum absolute atomic E-state index is 0.00703. The number of fused-ring (bicyclic) bond motifs is 1. The molecule has 10 nitrogen and oxygen atoms in total. The fraction of sp³-hybridized carbons (Fsp3) is 0.241. The van der Waals surface area contributed by atoms with Crippen LogP contribution in [-0.4, -0.2) is 41.1 Å². The Labute approximate surface area is 237 Å². The number of rotatable bonds is 9. The molecule has 218 valence electrons. The molecule has 5 rings (SSSR count). The van der Waals surface area contributed by atoms with Crippen molar-refractivity contribution in [2.45, 2.75) is 25.4 Å². The normalized spacial score (nSPS) is 14.1. The Bertz CT molecular complexity index is 1570. The van der Waals surface area contributed by atoms with Gasteiger partial charge in [-0.25, -0.2) is 9.78 Å². The number of carbonyl (C=O) groups excluding carboxylic acids is 2. The standard InChI is InChI=1S/C29H25F3N4O6/c30-29(31,32)20-9-16(5-7-34-28(39)40)10-21(13-20)35-27(38)19-11-18-12-22(3-4-24(18)41-15-19)42-23-6-8-33-25(14-23)36-26(37)17-1-2-17/h3-4,6,8-14,17,34H,1-2,5,7,15H2,(H,35,38)(H,39,40)(H,33,36,37). The molecule has 2 aromatic carbocycles. The lowest BCUT2D eigenvalue weighted by molar-refractivity contribution is -0.137. The Balaban J connectivity index is 1.30. The predicted octanol–water partition coefficient (Wildman–Crippen LogP) is 5.47. The first-order valence-electron chi connectivity index (χ1n) is 12.9. The molecular weight excluding hydrogens is 557 g/mol. The van der Waals surface area contributed by atoms with Crippen LogP contribution < -0.4 is 25.4 Å². The number of carboxylic acid groups (broad SMARTS) is 1. The van der Waals surface area contributed by atoms with Gasteiger partial charge in [-0.2, -0.15) is 13.2 Å². The van der Waals surface area contributed by atoms with Crippen molar-refractivity contribution in [2.24, 2.45) is 5.92 Å². The summed E-state index contributed by atoms with van der Waals surface area (Å²) in [5, 5.41) is 16.1. The van der Waals surface area contributed by atoms with Crippen LogP contribution in [0.3, 0.4) is 0 Å². The van der Waals surface area contributed by atoms with E-state index in [2.05, 4.69) is 20.9 Å². The van der Waals surface area contributed by atoms with Gasteiger partial charge in [0.2, 0.25) is 5.91 Å². The van der Waals surface area contributed by atoms with E-state index < -0.39 is 23.7 Å². The Morgan fingerprint density at radius 1 is 1.02 bits per heavy atom. The highest BCUT2D eigenvalue weighted by atomic mass is 19.4. The monoisotopic (exact) mass is 582 g/mol. The van der Waals surface area contributed by atoms with E-state index in [0.29, 0.717) is 28.6 Å². The quantitative estimate of drug-likeness (QED) is 0.263. The Morgan fingerprint density at radius 2 is 1.81 bits per heavy atom. The summed E-state index contributed by atoms with van der Waals surface area (Å²) in [4.78, 5) is 39.9. The van der Waals surface area contributed by atoms with Crippen LogP contribution in [0.15, 0.2) is 60.3 Å². The van der Waals surface area contributed by atoms with Crippen LogP contribution in [0, 0.1) is 5.92 Å². The van der Waals surface area contributed by atoms with Crippen LogP contribution in [0.25, 0.3) is 6.08 Å². The molecule has 0 unspecified atom stereocenters. The summed E-state index contributed by atoms with van der Waals surface area (Å²) in [5.74, 6) is 0.960. The maximum atomic E-state index is 13.5. The first-order chi connectivity index (χ1) is 20.0. The molecule has 0 bridgehead atoms. The van der Waals surface area contributed by atoms with Crippen LogP contribution in [0.1, 0.15) is 29.5 Å². The zero-order chi connectivity index (χ0) is 29.9. The third-order valence-electron chi connectivity index (χ3n) is 6.42. The van der Waals surface area contributed by atoms with Crippen molar-refractivity contribution in [3.8, 4) is 17.2 Å². The highest BCUT2D eigenvalue weighted by molar-refractivity contribution is 6.07. The van der Waals surface area contributed by atoms with Gasteiger partial charge in [0, 0.05) is 36.0 Å². The average Bonchev–Trinajstić information content (AvgIpc) is 3.78. The third kappa shape index (κ3) is 7.36. The number of aromatic nitrogens is 1. The zero-order valence-corrected chi connectivity index (χ0v) is 22.0. The van der Waals surface area contributed by atoms with Gasteiger partial charge < -0.3 is 30.5 Å². The van der Waals surface area contributed by atoms with Gasteiger partial charge in [-0.15, -0.1) is 0 Å². The van der Waals surface area contributed by atoms with Gasteiger partial charge >= 0.3 is 12.3 Å². The van der Waals surface area contributed by atoms with Crippen LogP contribution >= 0.6 is 0 Å². The molecule has 0 atom stereocenters. The van der Waals surface area contributed by atoms with Gasteiger partial charge in [0.25, 0.3) is 5.91 Å². The van der Waals surface area contributed by atoms with Crippen molar-refractivity contribution in [3.05, 3.63) is 77.0 Å². The molecule has 2 aliphatic rings. The Hall–Kier alpha value is -5.07. The molecule has 1 aliphatic carbocycles. The zero-order valence-electron chi connectivity index (χ0n) is 22.0. The van der Waals surface area contributed by atoms with Crippen molar-refractivity contribution in [2.75, 3.05) is 23.8 Å². The first-order valence-corrected chi connectivity index (χ1v) is 12.9. The number of hydrogen-bond donors (Lipinski definition) is 4. The molecule has 1 aliphatic heterocycles. The second kappa shape index (κ2) is 11.8. The number of halogens is 3. The van der Waals surface area contributed by atoms with Crippen LogP contribution in [0.5, 0.6) is 17.2 Å². The summed E-state index contributed by atoms with van der Waals surface area (Å²) in [6, 6.07) is 11.3. The fourth-order valence-electron chi connectivity index (χ4n) is 4.20. The lowest BCUT2D eigenvalue weighted by atomic mass is 10.0. The number of alkyl halides is 3. The van der Waals surface area contributed by atoms with Crippen molar-refractivity contribution >= 4 is 35.5 Å². The van der Waals surface area contributed by atoms with E-state index in [9.17, 15) is 27.6 Å². The van der Waals surface area contributed by atoms with Gasteiger partial charge in [-0.1, -0.05) is 0 Å². The fourth-order valence-corrected chi connectivity index (χ4v) is 4.20. The van der Waals surface area contributed by atoms with Crippen molar-refractivity contribution in [3.63, 3.8) is 0 Å². The average molecular weight is 583 g/mol. The minimum atomic E-state index is -4.67. The summed E-state index contributed by atoms with van der Waals surface area (Å²) >= 11 is 0. The smallest absolute Gasteiger partial charge is 0.416 e. The Kier molecular flexibility index (Phi) is 8.00. The van der Waals surface area contributed by atoms with Gasteiger partial charge in [0.15, 0.2) is 0 Å². The second-order valence-electron chi connectivity index (χ2n) is 9.75. The van der Waals surface area contributed by atoms with Gasteiger partial charge in [-0.05, 0) is 73.4 Å². The maximum Gasteiger partial charge on any atom is 0.416 e. The maximum absolute atomic E-state index is 13.5. The molecule has 13 heteroatoms. The summed E-state index contributed by atoms with van der Waals surface area (Å²) in [7, 11) is 0. The highest BCUT2D eigenvalue weighted by Gasteiger charge is 2.32. The molecule has 42 heavy (non-hydrogen) atoms. The van der Waals surface area contributed by atoms with E-state index in [1.165, 1.54) is 12.3 Å². The third-order valence-corrected chi connectivity index (χ3v) is 6.42. The number of nitrogens with one attached hydrogen (secondary N) is 3. The molecule has 4 N–H and O–H groups in total. The van der Waals surface area contributed by atoms with E-state index in [-0.39, 0.29) is 48.2 Å². The SMILES string of the molecule is O=C(O)NCCc1cc(NC(=O)C2=Cc3cc(Oc4ccnc(NC(=O)C5CC5)c4)ccc3OC2)cc(C(F)(F)F)c1. The first kappa shape index (κ1) is 28.5. The van der Waals surface area contributed by atoms with Gasteiger partial charge in [0.1, 0.15) is 29.7 Å². The van der Waals surface area contributed by atoms with E-state index in [4.69, 9.17) is 14.6 Å². The minimum Gasteiger partial charge on any atom is -0.488 e. The second-order valence-corrected chi connectivity index (χ2v) is 9.75. The van der Waals surface area contributed by atoms with E-state index in [1.807, 2.05) is 0 Å². The summed E-state index contributed by atoms with van der Waals surface area (Å²) < 4.78 is 52.0. The number of ether oxygens (including phenoxy) is 2. The van der Waals surface area contributed by atoms with E-state index in [0.717, 1.165) is 25.0 Å². The number of anilines is 2. The lowest BCUT2D eigenvalue weighted by Crippen LogP contribution is -2.24. The molecule has 1 saturated carbocycles. The number of pyridine rings is 1. The molecule has 1 aromatic heterocycles. The van der Waals surface area contributed by atoms with E-state index in [1.54, 1.807) is 36.4 Å². The Morgan fingerprint density at radius 3 is 2.55 bits per heavy atom. The molecule has 0 saturated heterocycles. The molecular formula is C29H25F3N4O6. The van der Waals surface area contributed by atoms with Crippen LogP contribution in [-0.2, 0) is 22.2 Å². The number of benzene rings is 2. The van der Waals surface area contributed by atoms with Gasteiger partial charge in [0.05, 0.1) is 11.1 Å². The van der Waals surface area contributed by atoms with Crippen LogP contribution in [0.2, 0.25) is 0 Å². The van der Waals surface area contributed by atoms with E-state index >= 15 is 0 Å².